The first-order valence-electron chi connectivity index (χ1n) is 5.77. The summed E-state index contributed by atoms with van der Waals surface area (Å²) in [5, 5.41) is 13.7. The molecular formula is C12H13N5S. The summed E-state index contributed by atoms with van der Waals surface area (Å²) in [6, 6.07) is 5.88. The minimum atomic E-state index is 0.786. The number of rotatable bonds is 2. The molecule has 0 spiro atoms. The number of hydrogen-bond acceptors (Lipinski definition) is 5. The van der Waals surface area contributed by atoms with Crippen LogP contribution < -0.4 is 5.73 Å². The van der Waals surface area contributed by atoms with Gasteiger partial charge in [0.15, 0.2) is 5.82 Å². The largest absolute Gasteiger partial charge is 0.398 e. The molecule has 0 unspecified atom stereocenters. The zero-order chi connectivity index (χ0) is 12.7. The lowest BCUT2D eigenvalue weighted by molar-refractivity contribution is 0.837. The van der Waals surface area contributed by atoms with Crippen molar-refractivity contribution in [3.63, 3.8) is 0 Å². The molecule has 0 bridgehead atoms. The lowest BCUT2D eigenvalue weighted by Crippen LogP contribution is -1.95. The van der Waals surface area contributed by atoms with E-state index in [2.05, 4.69) is 15.3 Å². The van der Waals surface area contributed by atoms with Crippen LogP contribution in [0, 0.1) is 6.92 Å². The summed E-state index contributed by atoms with van der Waals surface area (Å²) in [5.74, 6) is 0.883. The number of nitrogens with zero attached hydrogens (tertiary/aromatic N) is 4. The molecular weight excluding hydrogens is 246 g/mol. The summed E-state index contributed by atoms with van der Waals surface area (Å²) in [6.07, 6.45) is 0.820. The SMILES string of the molecule is CCc1nnc2sc(-c3cccc(N)c3C)nn12. The van der Waals surface area contributed by atoms with Gasteiger partial charge < -0.3 is 5.73 Å². The van der Waals surface area contributed by atoms with Crippen LogP contribution in [0.3, 0.4) is 0 Å². The van der Waals surface area contributed by atoms with Crippen molar-refractivity contribution >= 4 is 22.0 Å². The number of anilines is 1. The van der Waals surface area contributed by atoms with Gasteiger partial charge in [0.05, 0.1) is 0 Å². The van der Waals surface area contributed by atoms with E-state index < -0.39 is 0 Å². The van der Waals surface area contributed by atoms with Crippen LogP contribution in [0.4, 0.5) is 5.69 Å². The van der Waals surface area contributed by atoms with Crippen molar-refractivity contribution in [1.82, 2.24) is 19.8 Å². The molecule has 0 saturated heterocycles. The van der Waals surface area contributed by atoms with Crippen LogP contribution in [0.5, 0.6) is 0 Å². The Morgan fingerprint density at radius 3 is 2.94 bits per heavy atom. The zero-order valence-electron chi connectivity index (χ0n) is 10.2. The molecule has 0 aliphatic heterocycles. The predicted octanol–water partition coefficient (Wildman–Crippen LogP) is 2.31. The van der Waals surface area contributed by atoms with Crippen molar-refractivity contribution in [2.24, 2.45) is 0 Å². The van der Waals surface area contributed by atoms with Gasteiger partial charge >= 0.3 is 0 Å². The highest BCUT2D eigenvalue weighted by Crippen LogP contribution is 2.30. The summed E-state index contributed by atoms with van der Waals surface area (Å²) >= 11 is 1.53. The Labute approximate surface area is 108 Å². The second kappa shape index (κ2) is 4.06. The standard InChI is InChI=1S/C12H13N5S/c1-3-10-14-15-12-17(10)16-11(18-12)8-5-4-6-9(13)7(8)2/h4-6H,3,13H2,1-2H3. The molecule has 6 heteroatoms. The third-order valence-electron chi connectivity index (χ3n) is 2.98. The van der Waals surface area contributed by atoms with Crippen LogP contribution in [0.2, 0.25) is 0 Å². The number of benzene rings is 1. The fraction of sp³-hybridized carbons (Fsp3) is 0.250. The van der Waals surface area contributed by atoms with Crippen molar-refractivity contribution in [1.29, 1.82) is 0 Å². The number of nitrogen functional groups attached to an aromatic ring is 1. The Kier molecular flexibility index (Phi) is 2.52. The van der Waals surface area contributed by atoms with Gasteiger partial charge in [-0.25, -0.2) is 0 Å². The zero-order valence-corrected chi connectivity index (χ0v) is 11.0. The van der Waals surface area contributed by atoms with E-state index in [-0.39, 0.29) is 0 Å². The highest BCUT2D eigenvalue weighted by molar-refractivity contribution is 7.19. The summed E-state index contributed by atoms with van der Waals surface area (Å²) < 4.78 is 1.81. The average Bonchev–Trinajstić information content (AvgIpc) is 2.92. The highest BCUT2D eigenvalue weighted by atomic mass is 32.1. The Morgan fingerprint density at radius 1 is 1.33 bits per heavy atom. The predicted molar refractivity (Wildman–Crippen MR) is 72.6 cm³/mol. The Bertz CT molecular complexity index is 712. The molecule has 0 amide bonds. The van der Waals surface area contributed by atoms with E-state index in [9.17, 15) is 0 Å². The van der Waals surface area contributed by atoms with Crippen LogP contribution in [0.1, 0.15) is 18.3 Å². The van der Waals surface area contributed by atoms with Crippen molar-refractivity contribution in [3.8, 4) is 10.6 Å². The number of nitrogens with two attached hydrogens (primary N) is 1. The molecule has 0 aliphatic rings. The normalized spacial score (nSPS) is 11.2. The van der Waals surface area contributed by atoms with Gasteiger partial charge in [0.2, 0.25) is 4.96 Å². The van der Waals surface area contributed by atoms with E-state index >= 15 is 0 Å². The van der Waals surface area contributed by atoms with Crippen molar-refractivity contribution in [3.05, 3.63) is 29.6 Å². The average molecular weight is 259 g/mol. The fourth-order valence-electron chi connectivity index (χ4n) is 1.87. The molecule has 0 fully saturated rings. The second-order valence-electron chi connectivity index (χ2n) is 4.09. The second-order valence-corrected chi connectivity index (χ2v) is 5.05. The Morgan fingerprint density at radius 2 is 2.17 bits per heavy atom. The number of aromatic nitrogens is 4. The van der Waals surface area contributed by atoms with Crippen LogP contribution in [-0.2, 0) is 6.42 Å². The molecule has 3 aromatic rings. The monoisotopic (exact) mass is 259 g/mol. The van der Waals surface area contributed by atoms with Crippen molar-refractivity contribution < 1.29 is 0 Å². The molecule has 2 heterocycles. The summed E-state index contributed by atoms with van der Waals surface area (Å²) in [7, 11) is 0. The molecule has 0 atom stereocenters. The molecule has 92 valence electrons. The van der Waals surface area contributed by atoms with Crippen LogP contribution >= 0.6 is 11.3 Å². The maximum atomic E-state index is 5.93. The van der Waals surface area contributed by atoms with Gasteiger partial charge in [-0.1, -0.05) is 30.4 Å². The van der Waals surface area contributed by atoms with E-state index in [1.807, 2.05) is 36.6 Å². The Balaban J connectivity index is 2.19. The molecule has 2 aromatic heterocycles. The quantitative estimate of drug-likeness (QED) is 0.717. The molecule has 3 rings (SSSR count). The summed E-state index contributed by atoms with van der Waals surface area (Å²) in [4.78, 5) is 0.823. The molecule has 1 aromatic carbocycles. The topological polar surface area (TPSA) is 69.1 Å². The van der Waals surface area contributed by atoms with Gasteiger partial charge in [-0.2, -0.15) is 9.61 Å². The highest BCUT2D eigenvalue weighted by Gasteiger charge is 2.13. The first-order valence-corrected chi connectivity index (χ1v) is 6.59. The maximum Gasteiger partial charge on any atom is 0.234 e. The first-order chi connectivity index (χ1) is 8.70. The van der Waals surface area contributed by atoms with Gasteiger partial charge in [-0.15, -0.1) is 10.2 Å². The molecule has 18 heavy (non-hydrogen) atoms. The van der Waals surface area contributed by atoms with Gasteiger partial charge in [0.25, 0.3) is 0 Å². The number of aryl methyl sites for hydroxylation is 1. The first kappa shape index (κ1) is 11.2. The molecule has 0 saturated carbocycles. The van der Waals surface area contributed by atoms with Gasteiger partial charge in [0, 0.05) is 17.7 Å². The molecule has 2 N–H and O–H groups in total. The lowest BCUT2D eigenvalue weighted by atomic mass is 10.1. The number of hydrogen-bond donors (Lipinski definition) is 1. The lowest BCUT2D eigenvalue weighted by Gasteiger charge is -2.04. The molecule has 0 radical (unpaired) electrons. The minimum Gasteiger partial charge on any atom is -0.398 e. The molecule has 5 nitrogen and oxygen atoms in total. The van der Waals surface area contributed by atoms with Crippen LogP contribution in [0.25, 0.3) is 15.5 Å². The van der Waals surface area contributed by atoms with Gasteiger partial charge in [-0.05, 0) is 18.6 Å². The third-order valence-corrected chi connectivity index (χ3v) is 3.91. The Hall–Kier alpha value is -1.95. The van der Waals surface area contributed by atoms with Crippen molar-refractivity contribution in [2.45, 2.75) is 20.3 Å². The maximum absolute atomic E-state index is 5.93. The van der Waals surface area contributed by atoms with Crippen molar-refractivity contribution in [2.75, 3.05) is 5.73 Å². The van der Waals surface area contributed by atoms with Gasteiger partial charge in [-0.3, -0.25) is 0 Å². The molecule has 0 aliphatic carbocycles. The smallest absolute Gasteiger partial charge is 0.234 e. The summed E-state index contributed by atoms with van der Waals surface area (Å²) in [5.41, 5.74) is 8.83. The third kappa shape index (κ3) is 1.57. The van der Waals surface area contributed by atoms with E-state index in [0.29, 0.717) is 0 Å². The fourth-order valence-corrected chi connectivity index (χ4v) is 2.81. The van der Waals surface area contributed by atoms with E-state index in [4.69, 9.17) is 5.73 Å². The minimum absolute atomic E-state index is 0.786. The summed E-state index contributed by atoms with van der Waals surface area (Å²) in [6.45, 7) is 4.05. The number of fused-ring (bicyclic) bond motifs is 1. The van der Waals surface area contributed by atoms with E-state index in [1.54, 1.807) is 0 Å². The van der Waals surface area contributed by atoms with E-state index in [1.165, 1.54) is 11.3 Å². The van der Waals surface area contributed by atoms with Crippen LogP contribution in [0.15, 0.2) is 18.2 Å². The van der Waals surface area contributed by atoms with Gasteiger partial charge in [0.1, 0.15) is 5.01 Å². The van der Waals surface area contributed by atoms with Crippen LogP contribution in [-0.4, -0.2) is 19.8 Å². The van der Waals surface area contributed by atoms with E-state index in [0.717, 1.165) is 39.0 Å².